The van der Waals surface area contributed by atoms with E-state index in [2.05, 4.69) is 53.4 Å². The van der Waals surface area contributed by atoms with E-state index in [4.69, 9.17) is 0 Å². The van der Waals surface area contributed by atoms with Crippen molar-refractivity contribution in [1.29, 1.82) is 0 Å². The van der Waals surface area contributed by atoms with Crippen LogP contribution in [0.15, 0.2) is 6.07 Å². The van der Waals surface area contributed by atoms with Crippen molar-refractivity contribution in [2.24, 2.45) is 0 Å². The van der Waals surface area contributed by atoms with Crippen LogP contribution in [0, 0.1) is 0 Å². The van der Waals surface area contributed by atoms with E-state index in [0.29, 0.717) is 0 Å². The fourth-order valence-corrected chi connectivity index (χ4v) is 2.04. The molecule has 1 rings (SSSR count). The van der Waals surface area contributed by atoms with Crippen LogP contribution >= 0.6 is 0 Å². The van der Waals surface area contributed by atoms with Crippen molar-refractivity contribution < 1.29 is 0 Å². The molecule has 0 amide bonds. The first-order valence-corrected chi connectivity index (χ1v) is 8.16. The lowest BCUT2D eigenvalue weighted by Crippen LogP contribution is -2.14. The van der Waals surface area contributed by atoms with Crippen LogP contribution in [0.25, 0.3) is 0 Å². The Hall–Kier alpha value is -1.36. The molecule has 0 aliphatic heterocycles. The van der Waals surface area contributed by atoms with Gasteiger partial charge in [0.05, 0.1) is 0 Å². The molecular formula is C16H31N5. The molecule has 0 aliphatic rings. The van der Waals surface area contributed by atoms with E-state index >= 15 is 0 Å². The number of anilines is 2. The molecule has 120 valence electrons. The lowest BCUT2D eigenvalue weighted by atomic mass is 10.3. The first-order chi connectivity index (χ1) is 10.2. The van der Waals surface area contributed by atoms with Gasteiger partial charge in [-0.2, -0.15) is 0 Å². The van der Waals surface area contributed by atoms with Crippen LogP contribution in [0.2, 0.25) is 0 Å². The van der Waals surface area contributed by atoms with Crippen LogP contribution in [0.1, 0.15) is 45.4 Å². The highest BCUT2D eigenvalue weighted by Gasteiger charge is 2.04. The monoisotopic (exact) mass is 293 g/mol. The molecule has 1 aromatic heterocycles. The number of aryl methyl sites for hydroxylation is 1. The molecule has 0 aliphatic carbocycles. The maximum absolute atomic E-state index is 4.59. The van der Waals surface area contributed by atoms with Crippen molar-refractivity contribution >= 4 is 11.6 Å². The minimum absolute atomic E-state index is 0.925. The summed E-state index contributed by atoms with van der Waals surface area (Å²) >= 11 is 0. The Morgan fingerprint density at radius 1 is 0.952 bits per heavy atom. The third-order valence-corrected chi connectivity index (χ3v) is 3.14. The van der Waals surface area contributed by atoms with Gasteiger partial charge in [0, 0.05) is 25.6 Å². The van der Waals surface area contributed by atoms with Gasteiger partial charge in [0.25, 0.3) is 0 Å². The van der Waals surface area contributed by atoms with Crippen LogP contribution < -0.4 is 10.6 Å². The van der Waals surface area contributed by atoms with Crippen LogP contribution in [-0.2, 0) is 6.42 Å². The van der Waals surface area contributed by atoms with Gasteiger partial charge in [-0.3, -0.25) is 0 Å². The summed E-state index contributed by atoms with van der Waals surface area (Å²) in [5.74, 6) is 2.80. The summed E-state index contributed by atoms with van der Waals surface area (Å²) < 4.78 is 0. The topological polar surface area (TPSA) is 53.1 Å². The Bertz CT molecular complexity index is 392. The number of hydrogen-bond acceptors (Lipinski definition) is 5. The summed E-state index contributed by atoms with van der Waals surface area (Å²) in [7, 11) is 4.22. The average molecular weight is 293 g/mol. The predicted octanol–water partition coefficient (Wildman–Crippen LogP) is 3.00. The van der Waals surface area contributed by atoms with Gasteiger partial charge in [-0.05, 0) is 46.3 Å². The second-order valence-electron chi connectivity index (χ2n) is 5.67. The van der Waals surface area contributed by atoms with Gasteiger partial charge in [-0.15, -0.1) is 0 Å². The molecule has 0 spiro atoms. The number of aromatic nitrogens is 2. The first-order valence-electron chi connectivity index (χ1n) is 8.16. The number of nitrogens with zero attached hydrogens (tertiary/aromatic N) is 3. The van der Waals surface area contributed by atoms with E-state index in [1.807, 2.05) is 6.07 Å². The summed E-state index contributed by atoms with van der Waals surface area (Å²) in [4.78, 5) is 11.4. The Labute approximate surface area is 129 Å². The summed E-state index contributed by atoms with van der Waals surface area (Å²) in [5, 5.41) is 6.78. The van der Waals surface area contributed by atoms with Gasteiger partial charge < -0.3 is 15.5 Å². The van der Waals surface area contributed by atoms with Gasteiger partial charge in [0.1, 0.15) is 17.5 Å². The molecule has 0 aromatic carbocycles. The van der Waals surface area contributed by atoms with Crippen molar-refractivity contribution in [3.63, 3.8) is 0 Å². The SMILES string of the molecule is CCCNc1cc(NCCCCN(C)C)nc(CCC)n1. The fourth-order valence-electron chi connectivity index (χ4n) is 2.04. The molecule has 0 unspecified atom stereocenters. The third-order valence-electron chi connectivity index (χ3n) is 3.14. The summed E-state index contributed by atoms with van der Waals surface area (Å²) in [6.07, 6.45) is 5.45. The Kier molecular flexibility index (Phi) is 8.74. The van der Waals surface area contributed by atoms with Crippen LogP contribution in [-0.4, -0.2) is 48.6 Å². The molecule has 21 heavy (non-hydrogen) atoms. The van der Waals surface area contributed by atoms with E-state index in [-0.39, 0.29) is 0 Å². The highest BCUT2D eigenvalue weighted by molar-refractivity contribution is 5.47. The average Bonchev–Trinajstić information content (AvgIpc) is 2.44. The van der Waals surface area contributed by atoms with E-state index in [1.54, 1.807) is 0 Å². The minimum atomic E-state index is 0.925. The highest BCUT2D eigenvalue weighted by Crippen LogP contribution is 2.13. The summed E-state index contributed by atoms with van der Waals surface area (Å²) in [6.45, 7) is 7.36. The van der Waals surface area contributed by atoms with E-state index in [9.17, 15) is 0 Å². The van der Waals surface area contributed by atoms with Crippen molar-refractivity contribution in [2.75, 3.05) is 44.4 Å². The minimum Gasteiger partial charge on any atom is -0.370 e. The fraction of sp³-hybridized carbons (Fsp3) is 0.750. The molecule has 5 heteroatoms. The Balaban J connectivity index is 2.52. The molecule has 5 nitrogen and oxygen atoms in total. The van der Waals surface area contributed by atoms with E-state index in [0.717, 1.165) is 62.8 Å². The maximum atomic E-state index is 4.59. The second-order valence-corrected chi connectivity index (χ2v) is 5.67. The second kappa shape index (κ2) is 10.4. The van der Waals surface area contributed by atoms with Crippen molar-refractivity contribution in [1.82, 2.24) is 14.9 Å². The number of rotatable bonds is 11. The third kappa shape index (κ3) is 7.85. The molecule has 0 radical (unpaired) electrons. The predicted molar refractivity (Wildman–Crippen MR) is 91.1 cm³/mol. The van der Waals surface area contributed by atoms with Crippen LogP contribution in [0.4, 0.5) is 11.6 Å². The molecule has 0 fully saturated rings. The van der Waals surface area contributed by atoms with Crippen LogP contribution in [0.5, 0.6) is 0 Å². The largest absolute Gasteiger partial charge is 0.370 e. The summed E-state index contributed by atoms with van der Waals surface area (Å²) in [6, 6.07) is 2.01. The number of unbranched alkanes of at least 4 members (excludes halogenated alkanes) is 1. The Morgan fingerprint density at radius 3 is 2.19 bits per heavy atom. The smallest absolute Gasteiger partial charge is 0.133 e. The van der Waals surface area contributed by atoms with Gasteiger partial charge in [0.15, 0.2) is 0 Å². The van der Waals surface area contributed by atoms with Crippen molar-refractivity contribution in [3.8, 4) is 0 Å². The lowest BCUT2D eigenvalue weighted by Gasteiger charge is -2.12. The zero-order valence-corrected chi connectivity index (χ0v) is 14.1. The summed E-state index contributed by atoms with van der Waals surface area (Å²) in [5.41, 5.74) is 0. The lowest BCUT2D eigenvalue weighted by molar-refractivity contribution is 0.396. The number of hydrogen-bond donors (Lipinski definition) is 2. The van der Waals surface area contributed by atoms with Crippen molar-refractivity contribution in [2.45, 2.75) is 46.0 Å². The normalized spacial score (nSPS) is 10.9. The molecular weight excluding hydrogens is 262 g/mol. The molecule has 1 heterocycles. The van der Waals surface area contributed by atoms with E-state index < -0.39 is 0 Å². The van der Waals surface area contributed by atoms with Gasteiger partial charge in [-0.25, -0.2) is 9.97 Å². The molecule has 0 saturated carbocycles. The maximum Gasteiger partial charge on any atom is 0.133 e. The molecule has 0 saturated heterocycles. The van der Waals surface area contributed by atoms with E-state index in [1.165, 1.54) is 6.42 Å². The van der Waals surface area contributed by atoms with Gasteiger partial charge in [0.2, 0.25) is 0 Å². The molecule has 0 atom stereocenters. The van der Waals surface area contributed by atoms with Crippen LogP contribution in [0.3, 0.4) is 0 Å². The zero-order valence-electron chi connectivity index (χ0n) is 14.1. The molecule has 2 N–H and O–H groups in total. The van der Waals surface area contributed by atoms with Gasteiger partial charge in [-0.1, -0.05) is 13.8 Å². The molecule has 1 aromatic rings. The Morgan fingerprint density at radius 2 is 1.62 bits per heavy atom. The first kappa shape index (κ1) is 17.7. The zero-order chi connectivity index (χ0) is 15.5. The number of nitrogens with one attached hydrogen (secondary N) is 2. The highest BCUT2D eigenvalue weighted by atomic mass is 15.1. The van der Waals surface area contributed by atoms with Crippen molar-refractivity contribution in [3.05, 3.63) is 11.9 Å². The molecule has 0 bridgehead atoms. The van der Waals surface area contributed by atoms with Gasteiger partial charge >= 0.3 is 0 Å². The quantitative estimate of drug-likeness (QED) is 0.614. The standard InChI is InChI=1S/C16H31N5/c1-5-9-14-19-15(17-10-6-2)13-16(20-14)18-11-7-8-12-21(3)4/h13H,5-12H2,1-4H3,(H2,17,18,19,20).